The molecule has 0 spiro atoms. The number of rotatable bonds is 4. The molecule has 3 aromatic rings. The molecular formula is C20H19FN2O5S. The second-order valence-electron chi connectivity index (χ2n) is 6.89. The van der Waals surface area contributed by atoms with Crippen LogP contribution < -0.4 is 4.90 Å². The summed E-state index contributed by atoms with van der Waals surface area (Å²) in [5.41, 5.74) is 2.27. The zero-order valence-corrected chi connectivity index (χ0v) is 16.4. The maximum atomic E-state index is 13.4. The average molecular weight is 418 g/mol. The highest BCUT2D eigenvalue weighted by molar-refractivity contribution is 7.89. The highest BCUT2D eigenvalue weighted by Gasteiger charge is 2.29. The molecule has 4 rings (SSSR count). The highest BCUT2D eigenvalue weighted by Crippen LogP contribution is 2.31. The molecule has 1 aliphatic heterocycles. The largest absolute Gasteiger partial charge is 0.475 e. The number of benzene rings is 2. The number of anilines is 1. The topological polar surface area (TPSA) is 91.1 Å². The van der Waals surface area contributed by atoms with Crippen LogP contribution in [0.15, 0.2) is 51.8 Å². The molecule has 2 heterocycles. The van der Waals surface area contributed by atoms with Crippen LogP contribution in [0, 0.1) is 12.7 Å². The smallest absolute Gasteiger partial charge is 0.371 e. The zero-order chi connectivity index (χ0) is 20.8. The van der Waals surface area contributed by atoms with Crippen LogP contribution in [-0.4, -0.2) is 50.0 Å². The van der Waals surface area contributed by atoms with Crippen LogP contribution >= 0.6 is 0 Å². The molecule has 1 N–H and O–H groups in total. The van der Waals surface area contributed by atoms with Crippen LogP contribution in [-0.2, 0) is 10.0 Å². The Balaban J connectivity index is 1.55. The van der Waals surface area contributed by atoms with Gasteiger partial charge in [-0.25, -0.2) is 17.6 Å². The fourth-order valence-electron chi connectivity index (χ4n) is 3.63. The first kappa shape index (κ1) is 19.4. The first-order chi connectivity index (χ1) is 13.8. The van der Waals surface area contributed by atoms with E-state index in [-0.39, 0.29) is 23.7 Å². The monoisotopic (exact) mass is 418 g/mol. The number of hydrogen-bond acceptors (Lipinski definition) is 5. The minimum Gasteiger partial charge on any atom is -0.475 e. The lowest BCUT2D eigenvalue weighted by Gasteiger charge is -2.36. The van der Waals surface area contributed by atoms with Crippen molar-refractivity contribution in [3.63, 3.8) is 0 Å². The molecule has 0 unspecified atom stereocenters. The molecule has 0 saturated carbocycles. The number of furan rings is 1. The summed E-state index contributed by atoms with van der Waals surface area (Å²) >= 11 is 0. The van der Waals surface area contributed by atoms with Gasteiger partial charge in [-0.3, -0.25) is 0 Å². The summed E-state index contributed by atoms with van der Waals surface area (Å²) in [5.74, 6) is -1.83. The number of halogens is 1. The van der Waals surface area contributed by atoms with Gasteiger partial charge in [0, 0.05) is 37.3 Å². The number of piperazine rings is 1. The molecule has 0 aliphatic carbocycles. The maximum Gasteiger partial charge on any atom is 0.371 e. The number of carbonyl (C=O) groups is 1. The van der Waals surface area contributed by atoms with Gasteiger partial charge in [0.15, 0.2) is 0 Å². The summed E-state index contributed by atoms with van der Waals surface area (Å²) in [6, 6.07) is 10.1. The quantitative estimate of drug-likeness (QED) is 0.700. The third kappa shape index (κ3) is 3.47. The van der Waals surface area contributed by atoms with Gasteiger partial charge >= 0.3 is 5.97 Å². The van der Waals surface area contributed by atoms with E-state index in [0.29, 0.717) is 18.7 Å². The standard InChI is InChI=1S/C20H19FN2O5S/c1-13-16-12-19(20(24)25)28-18(16)6-5-17(13)22-7-9-23(10-8-22)29(26,27)15-4-2-3-14(21)11-15/h2-6,11-12H,7-10H2,1H3,(H,24,25). The summed E-state index contributed by atoms with van der Waals surface area (Å²) in [4.78, 5) is 13.1. The van der Waals surface area contributed by atoms with E-state index in [9.17, 15) is 17.6 Å². The van der Waals surface area contributed by atoms with E-state index in [2.05, 4.69) is 4.90 Å². The van der Waals surface area contributed by atoms with Gasteiger partial charge in [0.1, 0.15) is 11.4 Å². The number of carboxylic acids is 1. The van der Waals surface area contributed by atoms with E-state index >= 15 is 0 Å². The molecule has 1 aliphatic rings. The maximum absolute atomic E-state index is 13.4. The van der Waals surface area contributed by atoms with Crippen molar-refractivity contribution in [3.05, 3.63) is 59.6 Å². The van der Waals surface area contributed by atoms with Crippen molar-refractivity contribution in [2.45, 2.75) is 11.8 Å². The summed E-state index contributed by atoms with van der Waals surface area (Å²) in [6.45, 7) is 3.34. The average Bonchev–Trinajstić information content (AvgIpc) is 3.14. The summed E-state index contributed by atoms with van der Waals surface area (Å²) in [5, 5.41) is 9.84. The SMILES string of the molecule is Cc1c(N2CCN(S(=O)(=O)c3cccc(F)c3)CC2)ccc2oc(C(=O)O)cc12. The van der Waals surface area contributed by atoms with E-state index in [4.69, 9.17) is 9.52 Å². The van der Waals surface area contributed by atoms with Crippen molar-refractivity contribution in [1.29, 1.82) is 0 Å². The summed E-state index contributed by atoms with van der Waals surface area (Å²) in [7, 11) is -3.75. The number of aryl methyl sites for hydroxylation is 1. The van der Waals surface area contributed by atoms with E-state index < -0.39 is 21.8 Å². The molecule has 0 atom stereocenters. The lowest BCUT2D eigenvalue weighted by molar-refractivity contribution is 0.0665. The first-order valence-corrected chi connectivity index (χ1v) is 10.5. The third-order valence-corrected chi connectivity index (χ3v) is 7.06. The third-order valence-electron chi connectivity index (χ3n) is 5.17. The lowest BCUT2D eigenvalue weighted by atomic mass is 10.1. The fraction of sp³-hybridized carbons (Fsp3) is 0.250. The Morgan fingerprint density at radius 1 is 1.10 bits per heavy atom. The van der Waals surface area contributed by atoms with Gasteiger partial charge in [-0.2, -0.15) is 4.31 Å². The van der Waals surface area contributed by atoms with E-state index in [0.717, 1.165) is 22.7 Å². The van der Waals surface area contributed by atoms with Gasteiger partial charge < -0.3 is 14.4 Å². The molecule has 1 aromatic heterocycles. The zero-order valence-electron chi connectivity index (χ0n) is 15.6. The number of carboxylic acid groups (broad SMARTS) is 1. The van der Waals surface area contributed by atoms with Crippen molar-refractivity contribution < 1.29 is 27.1 Å². The Labute approximate surface area is 167 Å². The van der Waals surface area contributed by atoms with Gasteiger partial charge in [0.2, 0.25) is 15.8 Å². The van der Waals surface area contributed by atoms with Crippen molar-refractivity contribution in [2.24, 2.45) is 0 Å². The number of nitrogens with zero attached hydrogens (tertiary/aromatic N) is 2. The molecule has 0 bridgehead atoms. The Bertz CT molecular complexity index is 1200. The van der Waals surface area contributed by atoms with Crippen LogP contribution in [0.1, 0.15) is 16.1 Å². The first-order valence-electron chi connectivity index (χ1n) is 9.04. The molecule has 152 valence electrons. The van der Waals surface area contributed by atoms with Crippen molar-refractivity contribution in [2.75, 3.05) is 31.1 Å². The van der Waals surface area contributed by atoms with Gasteiger partial charge in [-0.05, 0) is 48.9 Å². The molecule has 29 heavy (non-hydrogen) atoms. The number of fused-ring (bicyclic) bond motifs is 1. The van der Waals surface area contributed by atoms with Crippen LogP contribution in [0.5, 0.6) is 0 Å². The van der Waals surface area contributed by atoms with Crippen LogP contribution in [0.3, 0.4) is 0 Å². The Morgan fingerprint density at radius 2 is 1.83 bits per heavy atom. The Hall–Kier alpha value is -2.91. The molecule has 1 saturated heterocycles. The van der Waals surface area contributed by atoms with E-state index in [1.807, 2.05) is 13.0 Å². The lowest BCUT2D eigenvalue weighted by Crippen LogP contribution is -2.48. The minimum absolute atomic E-state index is 0.0526. The highest BCUT2D eigenvalue weighted by atomic mass is 32.2. The number of aromatic carboxylic acids is 1. The molecule has 0 amide bonds. The fourth-order valence-corrected chi connectivity index (χ4v) is 5.09. The van der Waals surface area contributed by atoms with Gasteiger partial charge in [0.25, 0.3) is 0 Å². The predicted molar refractivity (Wildman–Crippen MR) is 105 cm³/mol. The molecule has 9 heteroatoms. The van der Waals surface area contributed by atoms with Crippen LogP contribution in [0.4, 0.5) is 10.1 Å². The van der Waals surface area contributed by atoms with E-state index in [1.165, 1.54) is 28.6 Å². The van der Waals surface area contributed by atoms with Gasteiger partial charge in [0.05, 0.1) is 4.90 Å². The second kappa shape index (κ2) is 7.16. The van der Waals surface area contributed by atoms with Gasteiger partial charge in [-0.15, -0.1) is 0 Å². The second-order valence-corrected chi connectivity index (χ2v) is 8.82. The normalized spacial score (nSPS) is 15.7. The molecule has 7 nitrogen and oxygen atoms in total. The van der Waals surface area contributed by atoms with E-state index in [1.54, 1.807) is 6.07 Å². The molecule has 0 radical (unpaired) electrons. The summed E-state index contributed by atoms with van der Waals surface area (Å²) in [6.07, 6.45) is 0. The van der Waals surface area contributed by atoms with Gasteiger partial charge in [-0.1, -0.05) is 6.07 Å². The molecule has 1 fully saturated rings. The van der Waals surface area contributed by atoms with Crippen LogP contribution in [0.2, 0.25) is 0 Å². The van der Waals surface area contributed by atoms with Crippen molar-refractivity contribution >= 4 is 32.6 Å². The Kier molecular flexibility index (Phi) is 4.79. The van der Waals surface area contributed by atoms with Crippen molar-refractivity contribution in [1.82, 2.24) is 4.31 Å². The predicted octanol–water partition coefficient (Wildman–Crippen LogP) is 3.09. The number of sulfonamides is 1. The summed E-state index contributed by atoms with van der Waals surface area (Å²) < 4.78 is 45.7. The molecular weight excluding hydrogens is 399 g/mol. The minimum atomic E-state index is -3.75. The number of hydrogen-bond donors (Lipinski definition) is 1. The molecule has 2 aromatic carbocycles. The Morgan fingerprint density at radius 3 is 2.48 bits per heavy atom. The van der Waals surface area contributed by atoms with Crippen LogP contribution in [0.25, 0.3) is 11.0 Å². The van der Waals surface area contributed by atoms with Crippen molar-refractivity contribution in [3.8, 4) is 0 Å².